The fraction of sp³-hybridized carbons (Fsp3) is 0. The van der Waals surface area contributed by atoms with Gasteiger partial charge in [0, 0.05) is 12.1 Å². The number of nitro benzene ring substituents is 1. The molecule has 0 amide bonds. The molecule has 0 fully saturated rings. The zero-order valence-corrected chi connectivity index (χ0v) is 19.2. The summed E-state index contributed by atoms with van der Waals surface area (Å²) in [5, 5.41) is 50.6. The van der Waals surface area contributed by atoms with Crippen LogP contribution in [0.1, 0.15) is 20.8 Å². The lowest BCUT2D eigenvalue weighted by Crippen LogP contribution is -2.06. The van der Waals surface area contributed by atoms with Gasteiger partial charge < -0.3 is 15.3 Å². The predicted molar refractivity (Wildman–Crippen MR) is 116 cm³/mol. The van der Waals surface area contributed by atoms with Crippen molar-refractivity contribution in [1.82, 2.24) is 9.78 Å². The quantitative estimate of drug-likeness (QED) is 0.114. The van der Waals surface area contributed by atoms with Gasteiger partial charge in [-0.3, -0.25) is 19.2 Å². The summed E-state index contributed by atoms with van der Waals surface area (Å²) in [5.74, 6) is -4.78. The second kappa shape index (κ2) is 9.34. The van der Waals surface area contributed by atoms with Crippen molar-refractivity contribution in [2.75, 3.05) is 0 Å². The number of carbonyl (C=O) groups is 2. The predicted octanol–water partition coefficient (Wildman–Crippen LogP) is 1.79. The molecule has 0 radical (unpaired) electrons. The van der Waals surface area contributed by atoms with Crippen LogP contribution >= 0.6 is 0 Å². The summed E-state index contributed by atoms with van der Waals surface area (Å²) in [4.78, 5) is 31.2. The van der Waals surface area contributed by atoms with Crippen LogP contribution in [0.15, 0.2) is 56.4 Å². The molecule has 3 aromatic rings. The van der Waals surface area contributed by atoms with E-state index in [0.29, 0.717) is 10.7 Å². The first-order valence-electron chi connectivity index (χ1n) is 9.10. The molecule has 0 atom stereocenters. The summed E-state index contributed by atoms with van der Waals surface area (Å²) >= 11 is 0. The van der Waals surface area contributed by atoms with E-state index >= 15 is 0 Å². The molecular weight excluding hydrogens is 546 g/mol. The molecule has 18 nitrogen and oxygen atoms in total. The van der Waals surface area contributed by atoms with Crippen LogP contribution in [0.2, 0.25) is 0 Å². The average Bonchev–Trinajstić information content (AvgIpc) is 3.12. The number of aromatic hydroxyl groups is 1. The maximum Gasteiger partial charge on any atom is 0.358 e. The summed E-state index contributed by atoms with van der Waals surface area (Å²) < 4.78 is 64.9. The van der Waals surface area contributed by atoms with Gasteiger partial charge in [-0.2, -0.15) is 26.6 Å². The third-order valence-corrected chi connectivity index (χ3v) is 6.18. The highest BCUT2D eigenvalue weighted by Crippen LogP contribution is 2.38. The Kier molecular flexibility index (Phi) is 6.77. The molecule has 0 spiro atoms. The molecule has 0 aliphatic heterocycles. The van der Waals surface area contributed by atoms with E-state index in [0.717, 1.165) is 24.3 Å². The van der Waals surface area contributed by atoms with Crippen LogP contribution in [-0.2, 0) is 20.2 Å². The van der Waals surface area contributed by atoms with E-state index in [4.69, 9.17) is 4.55 Å². The Bertz CT molecular complexity index is 1710. The number of hydrogen-bond acceptors (Lipinski definition) is 12. The van der Waals surface area contributed by atoms with Gasteiger partial charge in [0.25, 0.3) is 25.9 Å². The smallest absolute Gasteiger partial charge is 0.358 e. The monoisotopic (exact) mass is 557 g/mol. The SMILES string of the molecule is O=C(O)c1cc([N+](=O)[O-])cc(S(=O)(=O)O)c1/N=N\c1c(C(=O)O)nn(-c2ccc(S(=O)(=O)O)cc2)c1O. The standard InChI is InChI=1S/C17H11N5O13S2/c23-15-13(14(17(26)27)20-21(15)7-1-3-9(4-2-7)36(30,31)32)19-18-12-10(16(24)25)5-8(22(28)29)6-11(12)37(33,34)35/h1-6,23H,(H,24,25)(H,26,27)(H,30,31,32)(H,33,34,35)/b19-18-. The molecular formula is C17H11N5O13S2. The number of carboxylic acids is 2. The number of nitrogens with zero attached hydrogens (tertiary/aromatic N) is 5. The lowest BCUT2D eigenvalue weighted by molar-refractivity contribution is -0.385. The first-order chi connectivity index (χ1) is 17.0. The molecule has 5 N–H and O–H groups in total. The molecule has 0 aliphatic rings. The lowest BCUT2D eigenvalue weighted by Gasteiger charge is -2.06. The van der Waals surface area contributed by atoms with Crippen molar-refractivity contribution in [3.05, 3.63) is 57.8 Å². The second-order valence-electron chi connectivity index (χ2n) is 6.78. The maximum absolute atomic E-state index is 11.8. The van der Waals surface area contributed by atoms with Gasteiger partial charge in [-0.05, 0) is 24.3 Å². The Labute approximate surface area is 204 Å². The number of azo groups is 1. The summed E-state index contributed by atoms with van der Waals surface area (Å²) in [7, 11) is -9.91. The minimum atomic E-state index is -5.33. The Morgan fingerprint density at radius 1 is 0.919 bits per heavy atom. The molecule has 0 bridgehead atoms. The van der Waals surface area contributed by atoms with Gasteiger partial charge in [-0.1, -0.05) is 0 Å². The fourth-order valence-corrected chi connectivity index (χ4v) is 3.98. The normalized spacial score (nSPS) is 12.1. The lowest BCUT2D eigenvalue weighted by atomic mass is 10.1. The first-order valence-corrected chi connectivity index (χ1v) is 12.0. The molecule has 37 heavy (non-hydrogen) atoms. The summed E-state index contributed by atoms with van der Waals surface area (Å²) in [6, 6.07) is 4.50. The maximum atomic E-state index is 11.8. The molecule has 194 valence electrons. The van der Waals surface area contributed by atoms with Crippen molar-refractivity contribution < 1.29 is 55.8 Å². The van der Waals surface area contributed by atoms with Crippen LogP contribution in [0.4, 0.5) is 17.1 Å². The third kappa shape index (κ3) is 5.40. The Morgan fingerprint density at radius 2 is 1.49 bits per heavy atom. The van der Waals surface area contributed by atoms with Crippen LogP contribution in [0, 0.1) is 10.1 Å². The van der Waals surface area contributed by atoms with Crippen LogP contribution in [0.3, 0.4) is 0 Å². The molecule has 3 rings (SSSR count). The first kappa shape index (κ1) is 26.8. The number of rotatable bonds is 8. The van der Waals surface area contributed by atoms with Gasteiger partial charge in [0.2, 0.25) is 11.6 Å². The minimum absolute atomic E-state index is 0.144. The topological polar surface area (TPSA) is 289 Å². The number of aromatic nitrogens is 2. The molecule has 1 heterocycles. The fourth-order valence-electron chi connectivity index (χ4n) is 2.84. The second-order valence-corrected chi connectivity index (χ2v) is 9.60. The summed E-state index contributed by atoms with van der Waals surface area (Å²) in [5.41, 5.74) is -5.38. The van der Waals surface area contributed by atoms with Gasteiger partial charge in [0.05, 0.1) is 21.1 Å². The highest BCUT2D eigenvalue weighted by Gasteiger charge is 2.29. The van der Waals surface area contributed by atoms with Gasteiger partial charge in [-0.25, -0.2) is 9.59 Å². The largest absolute Gasteiger partial charge is 0.492 e. The molecule has 0 unspecified atom stereocenters. The number of aromatic carboxylic acids is 2. The van der Waals surface area contributed by atoms with Crippen molar-refractivity contribution >= 4 is 49.2 Å². The summed E-state index contributed by atoms with van der Waals surface area (Å²) in [6.45, 7) is 0. The Balaban J connectivity index is 2.24. The van der Waals surface area contributed by atoms with Crippen molar-refractivity contribution in [3.63, 3.8) is 0 Å². The third-order valence-electron chi connectivity index (χ3n) is 4.45. The number of benzene rings is 2. The van der Waals surface area contributed by atoms with Crippen molar-refractivity contribution in [3.8, 4) is 11.6 Å². The molecule has 0 aliphatic carbocycles. The van der Waals surface area contributed by atoms with Crippen LogP contribution in [-0.4, -0.2) is 67.9 Å². The van der Waals surface area contributed by atoms with Crippen molar-refractivity contribution in [2.24, 2.45) is 10.2 Å². The Hall–Kier alpha value is -4.79. The zero-order chi connectivity index (χ0) is 27.9. The highest BCUT2D eigenvalue weighted by atomic mass is 32.2. The number of carboxylic acid groups (broad SMARTS) is 2. The van der Waals surface area contributed by atoms with E-state index in [-0.39, 0.29) is 11.8 Å². The van der Waals surface area contributed by atoms with E-state index in [9.17, 15) is 56.4 Å². The van der Waals surface area contributed by atoms with Crippen molar-refractivity contribution in [1.29, 1.82) is 0 Å². The molecule has 0 saturated carbocycles. The molecule has 20 heteroatoms. The van der Waals surface area contributed by atoms with Gasteiger partial charge in [-0.15, -0.1) is 10.2 Å². The number of hydrogen-bond donors (Lipinski definition) is 5. The van der Waals surface area contributed by atoms with Gasteiger partial charge in [0.15, 0.2) is 5.69 Å². The Morgan fingerprint density at radius 3 is 1.95 bits per heavy atom. The average molecular weight is 557 g/mol. The molecule has 2 aromatic carbocycles. The van der Waals surface area contributed by atoms with Crippen LogP contribution in [0.25, 0.3) is 5.69 Å². The van der Waals surface area contributed by atoms with E-state index < -0.39 is 81.1 Å². The molecule has 0 saturated heterocycles. The number of nitro groups is 1. The van der Waals surface area contributed by atoms with Gasteiger partial charge in [0.1, 0.15) is 10.6 Å². The van der Waals surface area contributed by atoms with Gasteiger partial charge >= 0.3 is 11.9 Å². The van der Waals surface area contributed by atoms with Crippen molar-refractivity contribution in [2.45, 2.75) is 9.79 Å². The zero-order valence-electron chi connectivity index (χ0n) is 17.5. The van der Waals surface area contributed by atoms with E-state index in [1.54, 1.807) is 0 Å². The molecule has 1 aromatic heterocycles. The summed E-state index contributed by atoms with van der Waals surface area (Å²) in [6.07, 6.45) is 0. The van der Waals surface area contributed by atoms with E-state index in [1.807, 2.05) is 0 Å². The van der Waals surface area contributed by atoms with E-state index in [1.165, 1.54) is 0 Å². The van der Waals surface area contributed by atoms with E-state index in [2.05, 4.69) is 15.3 Å². The minimum Gasteiger partial charge on any atom is -0.492 e. The highest BCUT2D eigenvalue weighted by molar-refractivity contribution is 7.86. The van der Waals surface area contributed by atoms with Crippen LogP contribution < -0.4 is 0 Å². The number of non-ortho nitro benzene ring substituents is 1. The van der Waals surface area contributed by atoms with Crippen LogP contribution in [0.5, 0.6) is 5.88 Å².